The lowest BCUT2D eigenvalue weighted by molar-refractivity contribution is 0.0957. The van der Waals surface area contributed by atoms with Crippen molar-refractivity contribution in [1.82, 2.24) is 15.1 Å². The number of carbonyl (C=O) groups excluding carboxylic acids is 1. The third-order valence-corrected chi connectivity index (χ3v) is 3.76. The van der Waals surface area contributed by atoms with Crippen LogP contribution in [0.1, 0.15) is 39.0 Å². The molecule has 0 bridgehead atoms. The number of amides is 2. The molecule has 0 aromatic carbocycles. The summed E-state index contributed by atoms with van der Waals surface area (Å²) in [5.74, 6) is 0. The SMILES string of the molecule is CCCCCCCOC(=O)N1CCNCCN(C(=O)O)CC1. The molecule has 0 unspecified atom stereocenters. The van der Waals surface area contributed by atoms with E-state index in [0.717, 1.165) is 12.8 Å². The Kier molecular flexibility index (Phi) is 9.37. The van der Waals surface area contributed by atoms with Crippen LogP contribution in [0.15, 0.2) is 0 Å². The van der Waals surface area contributed by atoms with Gasteiger partial charge in [-0.3, -0.25) is 0 Å². The Hall–Kier alpha value is -1.50. The van der Waals surface area contributed by atoms with Crippen LogP contribution in [-0.2, 0) is 4.74 Å². The molecular formula is C15H29N3O4. The quantitative estimate of drug-likeness (QED) is 0.732. The first kappa shape index (κ1) is 18.5. The highest BCUT2D eigenvalue weighted by Gasteiger charge is 2.19. The topological polar surface area (TPSA) is 82.1 Å². The van der Waals surface area contributed by atoms with Gasteiger partial charge < -0.3 is 25.0 Å². The second-order valence-electron chi connectivity index (χ2n) is 5.54. The zero-order valence-electron chi connectivity index (χ0n) is 13.6. The van der Waals surface area contributed by atoms with E-state index in [1.807, 2.05) is 0 Å². The Morgan fingerprint density at radius 3 is 2.32 bits per heavy atom. The Morgan fingerprint density at radius 1 is 1.00 bits per heavy atom. The lowest BCUT2D eigenvalue weighted by Gasteiger charge is -2.23. The number of hydrogen-bond acceptors (Lipinski definition) is 4. The summed E-state index contributed by atoms with van der Waals surface area (Å²) in [6.45, 7) is 5.54. The van der Waals surface area contributed by atoms with Crippen molar-refractivity contribution in [2.45, 2.75) is 39.0 Å². The second-order valence-corrected chi connectivity index (χ2v) is 5.54. The minimum absolute atomic E-state index is 0.322. The normalized spacial score (nSPS) is 16.6. The van der Waals surface area contributed by atoms with Gasteiger partial charge in [-0.2, -0.15) is 0 Å². The zero-order chi connectivity index (χ0) is 16.2. The van der Waals surface area contributed by atoms with E-state index in [2.05, 4.69) is 12.2 Å². The predicted molar refractivity (Wildman–Crippen MR) is 84.1 cm³/mol. The largest absolute Gasteiger partial charge is 0.465 e. The predicted octanol–water partition coefficient (Wildman–Crippen LogP) is 1.98. The highest BCUT2D eigenvalue weighted by atomic mass is 16.6. The molecule has 7 heteroatoms. The molecule has 1 fully saturated rings. The first-order valence-corrected chi connectivity index (χ1v) is 8.25. The molecule has 7 nitrogen and oxygen atoms in total. The lowest BCUT2D eigenvalue weighted by Crippen LogP contribution is -2.41. The van der Waals surface area contributed by atoms with Crippen LogP contribution in [0.25, 0.3) is 0 Å². The molecule has 1 saturated heterocycles. The number of rotatable bonds is 6. The van der Waals surface area contributed by atoms with Crippen LogP contribution in [0.2, 0.25) is 0 Å². The summed E-state index contributed by atoms with van der Waals surface area (Å²) in [6.07, 6.45) is 4.26. The minimum Gasteiger partial charge on any atom is -0.465 e. The van der Waals surface area contributed by atoms with E-state index in [1.54, 1.807) is 4.90 Å². The van der Waals surface area contributed by atoms with Crippen LogP contribution < -0.4 is 5.32 Å². The van der Waals surface area contributed by atoms with Gasteiger partial charge in [0, 0.05) is 39.3 Å². The maximum absolute atomic E-state index is 12.1. The van der Waals surface area contributed by atoms with Gasteiger partial charge in [-0.1, -0.05) is 32.6 Å². The van der Waals surface area contributed by atoms with Gasteiger partial charge in [0.1, 0.15) is 0 Å². The van der Waals surface area contributed by atoms with Crippen molar-refractivity contribution in [3.63, 3.8) is 0 Å². The monoisotopic (exact) mass is 315 g/mol. The number of hydrogen-bond donors (Lipinski definition) is 2. The average Bonchev–Trinajstić information content (AvgIpc) is 2.62. The number of nitrogens with one attached hydrogen (secondary N) is 1. The number of ether oxygens (including phenoxy) is 1. The van der Waals surface area contributed by atoms with Crippen molar-refractivity contribution in [3.8, 4) is 0 Å². The Bertz CT molecular complexity index is 339. The molecule has 0 spiro atoms. The zero-order valence-corrected chi connectivity index (χ0v) is 13.6. The number of unbranched alkanes of at least 4 members (excludes halogenated alkanes) is 4. The van der Waals surface area contributed by atoms with Crippen LogP contribution in [0.4, 0.5) is 9.59 Å². The number of nitrogens with zero attached hydrogens (tertiary/aromatic N) is 2. The molecule has 2 amide bonds. The molecule has 128 valence electrons. The van der Waals surface area contributed by atoms with E-state index in [0.29, 0.717) is 45.9 Å². The standard InChI is InChI=1S/C15H29N3O4/c1-2-3-4-5-6-13-22-15(21)18-10-8-16-7-9-17(11-12-18)14(19)20/h16H,2-13H2,1H3,(H,19,20). The number of carboxylic acid groups (broad SMARTS) is 1. The molecule has 22 heavy (non-hydrogen) atoms. The van der Waals surface area contributed by atoms with Crippen LogP contribution in [0.5, 0.6) is 0 Å². The fraction of sp³-hybridized carbons (Fsp3) is 0.867. The van der Waals surface area contributed by atoms with Crippen molar-refractivity contribution in [1.29, 1.82) is 0 Å². The van der Waals surface area contributed by atoms with Gasteiger partial charge >= 0.3 is 12.2 Å². The summed E-state index contributed by atoms with van der Waals surface area (Å²) >= 11 is 0. The van der Waals surface area contributed by atoms with E-state index in [4.69, 9.17) is 9.84 Å². The molecule has 0 aromatic rings. The van der Waals surface area contributed by atoms with Crippen LogP contribution >= 0.6 is 0 Å². The van der Waals surface area contributed by atoms with Crippen LogP contribution in [0.3, 0.4) is 0 Å². The summed E-state index contributed by atoms with van der Waals surface area (Å²) in [4.78, 5) is 26.0. The lowest BCUT2D eigenvalue weighted by atomic mass is 10.2. The Labute approximate surface area is 132 Å². The van der Waals surface area contributed by atoms with Gasteiger partial charge in [0.2, 0.25) is 0 Å². The van der Waals surface area contributed by atoms with E-state index in [1.165, 1.54) is 24.2 Å². The van der Waals surface area contributed by atoms with E-state index >= 15 is 0 Å². The van der Waals surface area contributed by atoms with Gasteiger partial charge in [-0.05, 0) is 6.42 Å². The first-order chi connectivity index (χ1) is 10.6. The second kappa shape index (κ2) is 11.1. The molecule has 0 aromatic heterocycles. The van der Waals surface area contributed by atoms with Gasteiger partial charge in [-0.15, -0.1) is 0 Å². The molecule has 1 aliphatic heterocycles. The van der Waals surface area contributed by atoms with Crippen molar-refractivity contribution < 1.29 is 19.4 Å². The first-order valence-electron chi connectivity index (χ1n) is 8.25. The molecule has 0 atom stereocenters. The molecule has 1 rings (SSSR count). The summed E-state index contributed by atoms with van der Waals surface area (Å²) in [6, 6.07) is 0. The van der Waals surface area contributed by atoms with Crippen molar-refractivity contribution >= 4 is 12.2 Å². The van der Waals surface area contributed by atoms with E-state index in [-0.39, 0.29) is 6.09 Å². The van der Waals surface area contributed by atoms with E-state index in [9.17, 15) is 9.59 Å². The molecule has 0 radical (unpaired) electrons. The van der Waals surface area contributed by atoms with Gasteiger partial charge in [0.05, 0.1) is 6.61 Å². The van der Waals surface area contributed by atoms with Crippen molar-refractivity contribution in [2.24, 2.45) is 0 Å². The van der Waals surface area contributed by atoms with Crippen LogP contribution in [-0.4, -0.2) is 73.0 Å². The summed E-state index contributed by atoms with van der Waals surface area (Å²) in [5.41, 5.74) is 0. The smallest absolute Gasteiger partial charge is 0.409 e. The third kappa shape index (κ3) is 7.49. The molecule has 0 saturated carbocycles. The fourth-order valence-corrected chi connectivity index (χ4v) is 2.35. The van der Waals surface area contributed by atoms with Crippen molar-refractivity contribution in [3.05, 3.63) is 0 Å². The van der Waals surface area contributed by atoms with Crippen molar-refractivity contribution in [2.75, 3.05) is 45.9 Å². The maximum atomic E-state index is 12.1. The summed E-state index contributed by atoms with van der Waals surface area (Å²) < 4.78 is 5.29. The maximum Gasteiger partial charge on any atom is 0.409 e. The Morgan fingerprint density at radius 2 is 1.64 bits per heavy atom. The molecule has 1 aliphatic rings. The van der Waals surface area contributed by atoms with Gasteiger partial charge in [0.15, 0.2) is 0 Å². The van der Waals surface area contributed by atoms with Gasteiger partial charge in [0.25, 0.3) is 0 Å². The van der Waals surface area contributed by atoms with Gasteiger partial charge in [-0.25, -0.2) is 9.59 Å². The molecule has 2 N–H and O–H groups in total. The third-order valence-electron chi connectivity index (χ3n) is 3.76. The summed E-state index contributed by atoms with van der Waals surface area (Å²) in [7, 11) is 0. The minimum atomic E-state index is -0.951. The molecule has 0 aliphatic carbocycles. The van der Waals surface area contributed by atoms with Crippen LogP contribution in [0, 0.1) is 0 Å². The average molecular weight is 315 g/mol. The highest BCUT2D eigenvalue weighted by Crippen LogP contribution is 2.04. The Balaban J connectivity index is 2.30. The fourth-order valence-electron chi connectivity index (χ4n) is 2.35. The highest BCUT2D eigenvalue weighted by molar-refractivity contribution is 5.68. The molecular weight excluding hydrogens is 286 g/mol. The van der Waals surface area contributed by atoms with E-state index < -0.39 is 6.09 Å². The summed E-state index contributed by atoms with van der Waals surface area (Å²) in [5, 5.41) is 12.2. The number of carbonyl (C=O) groups is 2. The molecule has 1 heterocycles.